The number of hydrogen-bond acceptors (Lipinski definition) is 5. The maximum Gasteiger partial charge on any atom is 0.232 e. The molecule has 5 nitrogen and oxygen atoms in total. The van der Waals surface area contributed by atoms with Crippen LogP contribution in [0.2, 0.25) is 0 Å². The van der Waals surface area contributed by atoms with E-state index < -0.39 is 0 Å². The normalized spacial score (nSPS) is 13.1. The van der Waals surface area contributed by atoms with Gasteiger partial charge in [0.15, 0.2) is 0 Å². The summed E-state index contributed by atoms with van der Waals surface area (Å²) in [5.41, 5.74) is 4.39. The molecule has 28 heavy (non-hydrogen) atoms. The highest BCUT2D eigenvalue weighted by Crippen LogP contribution is 2.34. The van der Waals surface area contributed by atoms with E-state index in [0.29, 0.717) is 0 Å². The molecule has 1 aromatic heterocycles. The molecule has 5 heteroatoms. The Morgan fingerprint density at radius 3 is 2.57 bits per heavy atom. The molecule has 4 aromatic rings. The molecule has 5 rings (SSSR count). The van der Waals surface area contributed by atoms with Gasteiger partial charge in [-0.2, -0.15) is 4.98 Å². The average molecular weight is 367 g/mol. The number of fused-ring (bicyclic) bond motifs is 2. The third-order valence-corrected chi connectivity index (χ3v) is 4.98. The molecule has 0 spiro atoms. The first-order valence-corrected chi connectivity index (χ1v) is 9.53. The molecule has 0 atom stereocenters. The van der Waals surface area contributed by atoms with Crippen molar-refractivity contribution in [3.63, 3.8) is 0 Å². The Labute approximate surface area is 164 Å². The number of nitrogens with zero attached hydrogens (tertiary/aromatic N) is 3. The monoisotopic (exact) mass is 367 g/mol. The molecule has 0 radical (unpaired) electrons. The Balaban J connectivity index is 1.56. The molecule has 0 fully saturated rings. The van der Waals surface area contributed by atoms with Crippen molar-refractivity contribution >= 4 is 34.0 Å². The van der Waals surface area contributed by atoms with Gasteiger partial charge in [0.05, 0.1) is 16.9 Å². The van der Waals surface area contributed by atoms with Crippen molar-refractivity contribution < 1.29 is 0 Å². The van der Waals surface area contributed by atoms with Crippen molar-refractivity contribution in [1.82, 2.24) is 9.97 Å². The topological polar surface area (TPSA) is 53.1 Å². The molecule has 0 amide bonds. The van der Waals surface area contributed by atoms with Gasteiger partial charge in [-0.3, -0.25) is 0 Å². The van der Waals surface area contributed by atoms with Gasteiger partial charge in [0.25, 0.3) is 0 Å². The van der Waals surface area contributed by atoms with Gasteiger partial charge in [0.1, 0.15) is 5.82 Å². The molecule has 0 saturated carbocycles. The molecular weight excluding hydrogens is 346 g/mol. The molecular formula is C23H21N5. The lowest BCUT2D eigenvalue weighted by Gasteiger charge is -2.30. The average Bonchev–Trinajstić information content (AvgIpc) is 2.77. The second-order valence-electron chi connectivity index (χ2n) is 6.82. The lowest BCUT2D eigenvalue weighted by Crippen LogP contribution is -2.31. The van der Waals surface area contributed by atoms with Crippen LogP contribution in [0.1, 0.15) is 5.56 Å². The van der Waals surface area contributed by atoms with Crippen molar-refractivity contribution in [2.75, 3.05) is 28.6 Å². The van der Waals surface area contributed by atoms with E-state index >= 15 is 0 Å². The maximum absolute atomic E-state index is 4.91. The van der Waals surface area contributed by atoms with Crippen LogP contribution >= 0.6 is 0 Å². The number of anilines is 4. The molecule has 138 valence electrons. The summed E-state index contributed by atoms with van der Waals surface area (Å²) in [6.45, 7) is 2.41. The Kier molecular flexibility index (Phi) is 4.26. The van der Waals surface area contributed by atoms with Crippen LogP contribution < -0.4 is 15.5 Å². The van der Waals surface area contributed by atoms with Crippen LogP contribution in [0.4, 0.5) is 23.1 Å². The second kappa shape index (κ2) is 7.19. The minimum absolute atomic E-state index is 0.722. The highest BCUT2D eigenvalue weighted by Gasteiger charge is 2.21. The summed E-state index contributed by atoms with van der Waals surface area (Å²) >= 11 is 0. The van der Waals surface area contributed by atoms with Crippen LogP contribution in [0.15, 0.2) is 78.9 Å². The summed E-state index contributed by atoms with van der Waals surface area (Å²) in [5, 5.41) is 7.99. The van der Waals surface area contributed by atoms with E-state index in [2.05, 4.69) is 64.1 Å². The van der Waals surface area contributed by atoms with Gasteiger partial charge in [-0.15, -0.1) is 0 Å². The fraction of sp³-hybridized carbons (Fsp3) is 0.130. The molecule has 2 heterocycles. The highest BCUT2D eigenvalue weighted by molar-refractivity contribution is 5.91. The quantitative estimate of drug-likeness (QED) is 0.542. The van der Waals surface area contributed by atoms with Crippen molar-refractivity contribution in [2.45, 2.75) is 6.54 Å². The largest absolute Gasteiger partial charge is 0.382 e. The molecule has 0 unspecified atom stereocenters. The fourth-order valence-electron chi connectivity index (χ4n) is 3.59. The van der Waals surface area contributed by atoms with Crippen molar-refractivity contribution in [2.24, 2.45) is 0 Å². The van der Waals surface area contributed by atoms with E-state index in [4.69, 9.17) is 9.97 Å². The maximum atomic E-state index is 4.91. The van der Waals surface area contributed by atoms with Crippen molar-refractivity contribution in [3.8, 4) is 0 Å². The first-order chi connectivity index (χ1) is 13.9. The summed E-state index contributed by atoms with van der Waals surface area (Å²) in [6.07, 6.45) is 0. The van der Waals surface area contributed by atoms with Crippen LogP contribution in [0.5, 0.6) is 0 Å². The molecule has 2 N–H and O–H groups in total. The van der Waals surface area contributed by atoms with E-state index in [1.165, 1.54) is 5.56 Å². The number of benzene rings is 3. The lowest BCUT2D eigenvalue weighted by molar-refractivity contribution is 0.887. The molecule has 3 aromatic carbocycles. The summed E-state index contributed by atoms with van der Waals surface area (Å²) in [4.78, 5) is 12.0. The van der Waals surface area contributed by atoms with E-state index in [1.807, 2.05) is 30.3 Å². The van der Waals surface area contributed by atoms with Gasteiger partial charge in [-0.05, 0) is 29.8 Å². The zero-order chi connectivity index (χ0) is 18.8. The summed E-state index contributed by atoms with van der Waals surface area (Å²) in [6, 6.07) is 26.8. The summed E-state index contributed by atoms with van der Waals surface area (Å²) in [5.74, 6) is 1.59. The van der Waals surface area contributed by atoms with Gasteiger partial charge in [0, 0.05) is 25.0 Å². The van der Waals surface area contributed by atoms with Gasteiger partial charge < -0.3 is 15.5 Å². The Bertz CT molecular complexity index is 1110. The van der Waals surface area contributed by atoms with Gasteiger partial charge in [-0.1, -0.05) is 54.6 Å². The number of nitrogens with one attached hydrogen (secondary N) is 2. The number of para-hydroxylation sites is 3. The Morgan fingerprint density at radius 1 is 0.857 bits per heavy atom. The minimum Gasteiger partial charge on any atom is -0.382 e. The van der Waals surface area contributed by atoms with Crippen LogP contribution in [-0.2, 0) is 6.54 Å². The lowest BCUT2D eigenvalue weighted by atomic mass is 10.2. The van der Waals surface area contributed by atoms with E-state index in [-0.39, 0.29) is 0 Å². The third-order valence-electron chi connectivity index (χ3n) is 4.98. The van der Waals surface area contributed by atoms with Crippen LogP contribution in [0.3, 0.4) is 0 Å². The number of rotatable bonds is 4. The van der Waals surface area contributed by atoms with E-state index in [0.717, 1.165) is 53.7 Å². The van der Waals surface area contributed by atoms with Gasteiger partial charge in [0.2, 0.25) is 5.95 Å². The molecule has 1 aliphatic heterocycles. The highest BCUT2D eigenvalue weighted by atomic mass is 15.3. The predicted molar refractivity (Wildman–Crippen MR) is 115 cm³/mol. The SMILES string of the molecule is c1ccc(CNc2nc(N3CCNc4ccccc43)nc3ccccc23)cc1. The summed E-state index contributed by atoms with van der Waals surface area (Å²) in [7, 11) is 0. The minimum atomic E-state index is 0.722. The molecule has 0 aliphatic carbocycles. The Morgan fingerprint density at radius 2 is 1.64 bits per heavy atom. The second-order valence-corrected chi connectivity index (χ2v) is 6.82. The molecule has 0 bridgehead atoms. The number of hydrogen-bond donors (Lipinski definition) is 2. The molecule has 1 aliphatic rings. The third kappa shape index (κ3) is 3.11. The van der Waals surface area contributed by atoms with Gasteiger partial charge in [-0.25, -0.2) is 4.98 Å². The van der Waals surface area contributed by atoms with Gasteiger partial charge >= 0.3 is 0 Å². The number of aromatic nitrogens is 2. The zero-order valence-electron chi connectivity index (χ0n) is 15.5. The first-order valence-electron chi connectivity index (χ1n) is 9.53. The zero-order valence-corrected chi connectivity index (χ0v) is 15.5. The van der Waals surface area contributed by atoms with E-state index in [1.54, 1.807) is 0 Å². The summed E-state index contributed by atoms with van der Waals surface area (Å²) < 4.78 is 0. The van der Waals surface area contributed by atoms with E-state index in [9.17, 15) is 0 Å². The van der Waals surface area contributed by atoms with Crippen molar-refractivity contribution in [3.05, 3.63) is 84.4 Å². The Hall–Kier alpha value is -3.60. The van der Waals surface area contributed by atoms with Crippen LogP contribution in [-0.4, -0.2) is 23.1 Å². The van der Waals surface area contributed by atoms with Crippen molar-refractivity contribution in [1.29, 1.82) is 0 Å². The van der Waals surface area contributed by atoms with Crippen LogP contribution in [0.25, 0.3) is 10.9 Å². The molecule has 0 saturated heterocycles. The smallest absolute Gasteiger partial charge is 0.232 e. The fourth-order valence-corrected chi connectivity index (χ4v) is 3.59. The van der Waals surface area contributed by atoms with Crippen LogP contribution in [0, 0.1) is 0 Å². The predicted octanol–water partition coefficient (Wildman–Crippen LogP) is 4.81. The first kappa shape index (κ1) is 16.6. The standard InChI is InChI=1S/C23H21N5/c1-2-8-17(9-3-1)16-25-22-18-10-4-5-11-19(18)26-23(27-22)28-15-14-24-20-12-6-7-13-21(20)28/h1-13,24H,14-16H2,(H,25,26,27).